The Morgan fingerprint density at radius 3 is 1.07 bits per heavy atom. The Morgan fingerprint density at radius 2 is 0.852 bits per heavy atom. The quantitative estimate of drug-likeness (QED) is 0.711. The highest BCUT2D eigenvalue weighted by Gasteiger charge is 2.35. The molecule has 2 atom stereocenters. The van der Waals surface area contributed by atoms with Crippen molar-refractivity contribution in [2.24, 2.45) is 0 Å². The van der Waals surface area contributed by atoms with Gasteiger partial charge in [0.15, 0.2) is 0 Å². The van der Waals surface area contributed by atoms with Gasteiger partial charge in [-0.2, -0.15) is 0 Å². The zero-order chi connectivity index (χ0) is 20.7. The Labute approximate surface area is 167 Å². The smallest absolute Gasteiger partial charge is 0.0899 e. The molecule has 0 radical (unpaired) electrons. The molecular formula is C23H36O2Si2. The third kappa shape index (κ3) is 5.41. The number of hydrogen-bond acceptors (Lipinski definition) is 2. The zero-order valence-corrected chi connectivity index (χ0v) is 20.2. The maximum atomic E-state index is 11.1. The number of benzene rings is 2. The summed E-state index contributed by atoms with van der Waals surface area (Å²) in [5.41, 5.74) is -0.496. The van der Waals surface area contributed by atoms with Gasteiger partial charge in [-0.1, -0.05) is 98.2 Å². The van der Waals surface area contributed by atoms with Crippen LogP contribution >= 0.6 is 0 Å². The van der Waals surface area contributed by atoms with Crippen molar-refractivity contribution in [2.45, 2.75) is 70.8 Å². The molecule has 2 aromatic rings. The van der Waals surface area contributed by atoms with Gasteiger partial charge in [0.25, 0.3) is 0 Å². The molecule has 148 valence electrons. The SMILES string of the molecule is C[C@](O)(C[C@](C)(O)c1ccc([Si](C)(C)C)cc1)c1ccc([Si](C)(C)C)cc1. The molecule has 0 aliphatic heterocycles. The summed E-state index contributed by atoms with van der Waals surface area (Å²) < 4.78 is 0. The number of hydrogen-bond donors (Lipinski definition) is 2. The van der Waals surface area contributed by atoms with Crippen LogP contribution in [-0.2, 0) is 11.2 Å². The molecule has 0 fully saturated rings. The molecule has 27 heavy (non-hydrogen) atoms. The summed E-state index contributed by atoms with van der Waals surface area (Å²) in [5, 5.41) is 25.0. The van der Waals surface area contributed by atoms with E-state index in [1.54, 1.807) is 13.8 Å². The molecule has 2 N–H and O–H groups in total. The van der Waals surface area contributed by atoms with E-state index in [0.29, 0.717) is 0 Å². The maximum absolute atomic E-state index is 11.1. The van der Waals surface area contributed by atoms with Crippen molar-refractivity contribution in [1.29, 1.82) is 0 Å². The Balaban J connectivity index is 2.24. The van der Waals surface area contributed by atoms with Crippen LogP contribution in [0, 0.1) is 0 Å². The van der Waals surface area contributed by atoms with Gasteiger partial charge in [-0.25, -0.2) is 0 Å². The minimum atomic E-state index is -1.36. The van der Waals surface area contributed by atoms with Gasteiger partial charge in [0.2, 0.25) is 0 Å². The fourth-order valence-electron chi connectivity index (χ4n) is 3.53. The standard InChI is InChI=1S/C23H36O2Si2/c1-22(24,18-9-13-20(14-10-18)26(3,4)5)17-23(2,25)19-11-15-21(16-12-19)27(6,7)8/h9-16,24-25H,17H2,1-8H3/t22-,23-/m0/s1. The van der Waals surface area contributed by atoms with E-state index in [1.165, 1.54) is 10.4 Å². The molecule has 2 aromatic carbocycles. The van der Waals surface area contributed by atoms with Crippen LogP contribution in [0.2, 0.25) is 39.3 Å². The number of rotatable bonds is 6. The van der Waals surface area contributed by atoms with Gasteiger partial charge in [0.1, 0.15) is 0 Å². The van der Waals surface area contributed by atoms with Crippen molar-refractivity contribution in [3.63, 3.8) is 0 Å². The predicted molar refractivity (Wildman–Crippen MR) is 123 cm³/mol. The summed E-state index contributed by atoms with van der Waals surface area (Å²) in [6.07, 6.45) is 0.249. The summed E-state index contributed by atoms with van der Waals surface area (Å²) in [6, 6.07) is 16.6. The Hall–Kier alpha value is -1.21. The minimum Gasteiger partial charge on any atom is -0.385 e. The molecule has 0 aromatic heterocycles. The fourth-order valence-corrected chi connectivity index (χ4v) is 5.87. The van der Waals surface area contributed by atoms with E-state index in [1.807, 2.05) is 24.3 Å². The molecule has 0 aliphatic rings. The van der Waals surface area contributed by atoms with Crippen LogP contribution in [-0.4, -0.2) is 26.4 Å². The highest BCUT2D eigenvalue weighted by Crippen LogP contribution is 2.35. The van der Waals surface area contributed by atoms with Gasteiger partial charge in [0.05, 0.1) is 27.3 Å². The van der Waals surface area contributed by atoms with Gasteiger partial charge < -0.3 is 10.2 Å². The highest BCUT2D eigenvalue weighted by molar-refractivity contribution is 6.89. The van der Waals surface area contributed by atoms with E-state index in [4.69, 9.17) is 0 Å². The second-order valence-electron chi connectivity index (χ2n) is 10.4. The average molecular weight is 401 g/mol. The van der Waals surface area contributed by atoms with Crippen LogP contribution in [0.15, 0.2) is 48.5 Å². The Bertz CT molecular complexity index is 695. The lowest BCUT2D eigenvalue weighted by molar-refractivity contribution is -0.0524. The first-order valence-electron chi connectivity index (χ1n) is 9.80. The normalized spacial score (nSPS) is 17.3. The van der Waals surface area contributed by atoms with Crippen molar-refractivity contribution < 1.29 is 10.2 Å². The van der Waals surface area contributed by atoms with Gasteiger partial charge in [-0.3, -0.25) is 0 Å². The van der Waals surface area contributed by atoms with Crippen molar-refractivity contribution in [2.75, 3.05) is 0 Å². The van der Waals surface area contributed by atoms with Crippen molar-refractivity contribution in [1.82, 2.24) is 0 Å². The summed E-state index contributed by atoms with van der Waals surface area (Å²) in [4.78, 5) is 0. The van der Waals surface area contributed by atoms with E-state index < -0.39 is 27.3 Å². The van der Waals surface area contributed by atoms with E-state index >= 15 is 0 Å². The second kappa shape index (κ2) is 7.32. The van der Waals surface area contributed by atoms with Gasteiger partial charge in [0, 0.05) is 6.42 Å². The lowest BCUT2D eigenvalue weighted by Gasteiger charge is -2.34. The van der Waals surface area contributed by atoms with Crippen molar-refractivity contribution >= 4 is 26.5 Å². The van der Waals surface area contributed by atoms with E-state index in [9.17, 15) is 10.2 Å². The first-order chi connectivity index (χ1) is 12.1. The highest BCUT2D eigenvalue weighted by atomic mass is 28.3. The van der Waals surface area contributed by atoms with Crippen LogP contribution in [0.4, 0.5) is 0 Å². The molecule has 0 bridgehead atoms. The average Bonchev–Trinajstić information content (AvgIpc) is 2.52. The molecule has 2 rings (SSSR count). The van der Waals surface area contributed by atoms with Crippen LogP contribution < -0.4 is 10.4 Å². The lowest BCUT2D eigenvalue weighted by atomic mass is 9.81. The van der Waals surface area contributed by atoms with E-state index in [-0.39, 0.29) is 6.42 Å². The van der Waals surface area contributed by atoms with Crippen LogP contribution in [0.5, 0.6) is 0 Å². The van der Waals surface area contributed by atoms with Crippen molar-refractivity contribution in [3.05, 3.63) is 59.7 Å². The maximum Gasteiger partial charge on any atom is 0.0899 e. The summed E-state index contributed by atoms with van der Waals surface area (Å²) in [6.45, 7) is 17.5. The summed E-state index contributed by atoms with van der Waals surface area (Å²) in [5.74, 6) is 0. The largest absolute Gasteiger partial charge is 0.385 e. The minimum absolute atomic E-state index is 0.249. The molecule has 2 nitrogen and oxygen atoms in total. The molecule has 4 heteroatoms. The molecule has 0 aliphatic carbocycles. The van der Waals surface area contributed by atoms with Gasteiger partial charge >= 0.3 is 0 Å². The fraction of sp³-hybridized carbons (Fsp3) is 0.478. The van der Waals surface area contributed by atoms with E-state index in [2.05, 4.69) is 63.5 Å². The lowest BCUT2D eigenvalue weighted by Crippen LogP contribution is -2.39. The van der Waals surface area contributed by atoms with Gasteiger partial charge in [-0.05, 0) is 25.0 Å². The topological polar surface area (TPSA) is 40.5 Å². The predicted octanol–water partition coefficient (Wildman–Crippen LogP) is 4.28. The molecular weight excluding hydrogens is 364 g/mol. The Kier molecular flexibility index (Phi) is 5.99. The molecule has 0 saturated carbocycles. The third-order valence-electron chi connectivity index (χ3n) is 5.43. The monoisotopic (exact) mass is 400 g/mol. The van der Waals surface area contributed by atoms with Crippen LogP contribution in [0.1, 0.15) is 31.4 Å². The van der Waals surface area contributed by atoms with Crippen LogP contribution in [0.25, 0.3) is 0 Å². The molecule has 0 saturated heterocycles. The van der Waals surface area contributed by atoms with Crippen molar-refractivity contribution in [3.8, 4) is 0 Å². The molecule has 0 heterocycles. The summed E-state index contributed by atoms with van der Waals surface area (Å²) >= 11 is 0. The Morgan fingerprint density at radius 1 is 0.593 bits per heavy atom. The van der Waals surface area contributed by atoms with Gasteiger partial charge in [-0.15, -0.1) is 0 Å². The zero-order valence-electron chi connectivity index (χ0n) is 18.2. The number of aliphatic hydroxyl groups is 2. The van der Waals surface area contributed by atoms with Crippen LogP contribution in [0.3, 0.4) is 0 Å². The molecule has 0 spiro atoms. The van der Waals surface area contributed by atoms with E-state index in [0.717, 1.165) is 11.1 Å². The third-order valence-corrected chi connectivity index (χ3v) is 9.56. The summed E-state index contributed by atoms with van der Waals surface area (Å²) in [7, 11) is -2.73. The second-order valence-corrected chi connectivity index (χ2v) is 20.5. The molecule has 0 unspecified atom stereocenters. The first-order valence-corrected chi connectivity index (χ1v) is 16.8. The molecule has 0 amide bonds. The first kappa shape index (κ1) is 22.1.